The summed E-state index contributed by atoms with van der Waals surface area (Å²) in [5.74, 6) is -0.399. The Labute approximate surface area is 353 Å². The van der Waals surface area contributed by atoms with Crippen LogP contribution in [0.15, 0.2) is 96.4 Å². The normalized spacial score (nSPS) is 17.0. The molecule has 61 heavy (non-hydrogen) atoms. The number of aromatic amines is 1. The Morgan fingerprint density at radius 2 is 1.52 bits per heavy atom. The van der Waals surface area contributed by atoms with Gasteiger partial charge < -0.3 is 9.88 Å². The topological polar surface area (TPSA) is 190 Å². The highest BCUT2D eigenvalue weighted by Gasteiger charge is 2.47. The Balaban J connectivity index is 1.22. The van der Waals surface area contributed by atoms with Crippen LogP contribution in [-0.4, -0.2) is 78.3 Å². The molecular formula is C45H48N8O7S. The molecule has 2 fully saturated rings. The number of aryl methyl sites for hydroxylation is 2. The number of nitrogens with one attached hydrogen (secondary N) is 1. The fraction of sp³-hybridized carbons (Fsp3) is 0.356. The molecule has 4 heterocycles. The number of carbonyl (C=O) groups is 1. The molecule has 1 amide bonds. The van der Waals surface area contributed by atoms with E-state index in [1.165, 1.54) is 4.31 Å². The van der Waals surface area contributed by atoms with E-state index in [4.69, 9.17) is 0 Å². The van der Waals surface area contributed by atoms with E-state index in [0.717, 1.165) is 93.5 Å². The molecule has 2 aliphatic rings. The van der Waals surface area contributed by atoms with Crippen molar-refractivity contribution in [2.75, 3.05) is 13.1 Å². The Kier molecular flexibility index (Phi) is 10.9. The molecule has 1 unspecified atom stereocenters. The minimum absolute atomic E-state index is 0.0566. The molecule has 2 aromatic heterocycles. The number of nitro groups is 2. The molecule has 2 bridgehead atoms. The zero-order chi connectivity index (χ0) is 43.4. The average Bonchev–Trinajstić information content (AvgIpc) is 4.06. The summed E-state index contributed by atoms with van der Waals surface area (Å²) in [6.45, 7) is 9.76. The van der Waals surface area contributed by atoms with E-state index in [2.05, 4.69) is 44.3 Å². The number of non-ortho nitro benzene ring substituents is 1. The SMILES string of the molecule is Cc1cc(C)cc(-c2[nH]c3ccc(C(C)(C)C(=O)N4C5CCC4CC5)cc3c2C(C)CN(CCc2ccc(-n3cnnc3)cc2)S(=O)(=O)c2ccc([N+](=O)[O-])cc2[N+](=O)[O-])c1. The van der Waals surface area contributed by atoms with E-state index in [0.29, 0.717) is 6.07 Å². The molecule has 16 heteroatoms. The van der Waals surface area contributed by atoms with Crippen molar-refractivity contribution in [3.8, 4) is 16.9 Å². The van der Waals surface area contributed by atoms with Crippen LogP contribution in [0.2, 0.25) is 0 Å². The van der Waals surface area contributed by atoms with E-state index >= 15 is 0 Å². The highest BCUT2D eigenvalue weighted by atomic mass is 32.2. The Morgan fingerprint density at radius 1 is 0.885 bits per heavy atom. The number of nitro benzene ring substituents is 2. The van der Waals surface area contributed by atoms with Crippen molar-refractivity contribution in [3.05, 3.63) is 140 Å². The van der Waals surface area contributed by atoms with Gasteiger partial charge in [-0.3, -0.25) is 29.6 Å². The number of hydrogen-bond donors (Lipinski definition) is 1. The first-order valence-corrected chi connectivity index (χ1v) is 21.9. The zero-order valence-electron chi connectivity index (χ0n) is 34.7. The lowest BCUT2D eigenvalue weighted by Gasteiger charge is -2.33. The second-order valence-corrected chi connectivity index (χ2v) is 19.0. The molecule has 15 nitrogen and oxygen atoms in total. The van der Waals surface area contributed by atoms with Crippen molar-refractivity contribution >= 4 is 38.2 Å². The molecule has 316 valence electrons. The molecule has 0 saturated carbocycles. The summed E-state index contributed by atoms with van der Waals surface area (Å²) in [7, 11) is -4.63. The molecule has 2 aliphatic heterocycles. The van der Waals surface area contributed by atoms with Gasteiger partial charge in [0, 0.05) is 47.8 Å². The molecule has 0 aliphatic carbocycles. The van der Waals surface area contributed by atoms with Gasteiger partial charge in [-0.05, 0) is 130 Å². The second-order valence-electron chi connectivity index (χ2n) is 17.1. The number of fused-ring (bicyclic) bond motifs is 3. The summed E-state index contributed by atoms with van der Waals surface area (Å²) in [6.07, 6.45) is 7.51. The van der Waals surface area contributed by atoms with Crippen molar-refractivity contribution in [2.24, 2.45) is 0 Å². The van der Waals surface area contributed by atoms with Gasteiger partial charge in [0.2, 0.25) is 15.9 Å². The summed E-state index contributed by atoms with van der Waals surface area (Å²) in [5.41, 5.74) is 5.61. The van der Waals surface area contributed by atoms with Gasteiger partial charge in [-0.1, -0.05) is 42.3 Å². The van der Waals surface area contributed by atoms with Crippen molar-refractivity contribution in [2.45, 2.75) is 95.0 Å². The quantitative estimate of drug-likeness (QED) is 0.0830. The van der Waals surface area contributed by atoms with Crippen molar-refractivity contribution in [1.82, 2.24) is 29.0 Å². The van der Waals surface area contributed by atoms with E-state index in [1.54, 1.807) is 17.2 Å². The van der Waals surface area contributed by atoms with Crippen LogP contribution in [0.4, 0.5) is 11.4 Å². The first-order valence-electron chi connectivity index (χ1n) is 20.5. The first-order chi connectivity index (χ1) is 29.0. The summed E-state index contributed by atoms with van der Waals surface area (Å²) in [4.78, 5) is 41.7. The summed E-state index contributed by atoms with van der Waals surface area (Å²) in [6, 6.07) is 22.9. The highest BCUT2D eigenvalue weighted by molar-refractivity contribution is 7.89. The van der Waals surface area contributed by atoms with Crippen molar-refractivity contribution < 1.29 is 23.1 Å². The molecule has 1 N–H and O–H groups in total. The number of sulfonamides is 1. The predicted molar refractivity (Wildman–Crippen MR) is 231 cm³/mol. The third-order valence-corrected chi connectivity index (χ3v) is 14.4. The average molecular weight is 845 g/mol. The van der Waals surface area contributed by atoms with Gasteiger partial charge in [0.25, 0.3) is 11.4 Å². The smallest absolute Gasteiger partial charge is 0.296 e. The largest absolute Gasteiger partial charge is 0.354 e. The molecule has 1 atom stereocenters. The molecule has 2 saturated heterocycles. The lowest BCUT2D eigenvalue weighted by atomic mass is 9.81. The second kappa shape index (κ2) is 16.0. The minimum atomic E-state index is -4.63. The van der Waals surface area contributed by atoms with Crippen LogP contribution in [0.25, 0.3) is 27.8 Å². The Bertz CT molecular complexity index is 2740. The van der Waals surface area contributed by atoms with Crippen molar-refractivity contribution in [3.63, 3.8) is 0 Å². The van der Waals surface area contributed by atoms with E-state index in [-0.39, 0.29) is 37.5 Å². The third-order valence-electron chi connectivity index (χ3n) is 12.5. The predicted octanol–water partition coefficient (Wildman–Crippen LogP) is 8.32. The fourth-order valence-corrected chi connectivity index (χ4v) is 11.1. The van der Waals surface area contributed by atoms with E-state index in [1.807, 2.05) is 71.0 Å². The van der Waals surface area contributed by atoms with Gasteiger partial charge in [0.15, 0.2) is 4.90 Å². The molecule has 6 aromatic rings. The number of amides is 1. The van der Waals surface area contributed by atoms with Gasteiger partial charge >= 0.3 is 0 Å². The summed E-state index contributed by atoms with van der Waals surface area (Å²) >= 11 is 0. The van der Waals surface area contributed by atoms with Crippen LogP contribution < -0.4 is 0 Å². The van der Waals surface area contributed by atoms with Crippen LogP contribution >= 0.6 is 0 Å². The van der Waals surface area contributed by atoms with E-state index in [9.17, 15) is 33.4 Å². The van der Waals surface area contributed by atoms with Crippen LogP contribution in [0.5, 0.6) is 0 Å². The Morgan fingerprint density at radius 3 is 2.13 bits per heavy atom. The van der Waals surface area contributed by atoms with Crippen molar-refractivity contribution in [1.29, 1.82) is 0 Å². The van der Waals surface area contributed by atoms with Gasteiger partial charge in [0.1, 0.15) is 12.7 Å². The minimum Gasteiger partial charge on any atom is -0.354 e. The highest BCUT2D eigenvalue weighted by Crippen LogP contribution is 2.43. The monoisotopic (exact) mass is 844 g/mol. The molecular weight excluding hydrogens is 797 g/mol. The maximum absolute atomic E-state index is 14.8. The Hall–Kier alpha value is -6.26. The number of nitrogens with zero attached hydrogens (tertiary/aromatic N) is 7. The summed E-state index contributed by atoms with van der Waals surface area (Å²) in [5, 5.41) is 32.5. The van der Waals surface area contributed by atoms with Gasteiger partial charge in [-0.25, -0.2) is 8.42 Å². The number of H-pyrrole nitrogens is 1. The summed E-state index contributed by atoms with van der Waals surface area (Å²) < 4.78 is 32.6. The molecule has 8 rings (SSSR count). The first kappa shape index (κ1) is 41.5. The molecule has 4 aromatic carbocycles. The van der Waals surface area contributed by atoms with Gasteiger partial charge in [-0.2, -0.15) is 4.31 Å². The molecule has 0 radical (unpaired) electrons. The van der Waals surface area contributed by atoms with Crippen LogP contribution in [0.1, 0.15) is 80.2 Å². The number of rotatable bonds is 14. The standard InChI is InChI=1S/C45H48N8O7S/c1-28-20-29(2)22-32(21-28)43-42(38-23-33(8-16-39(38)48-43)45(4,5)44(54)51-35-11-12-36(51)14-13-35)30(3)25-50(19-18-31-6-9-34(10-7-31)49-26-46-47-27-49)61(59,60)41-17-15-37(52(55)56)24-40(41)53(57)58/h6-10,15-17,20-24,26-27,30,35-36,48H,11-14,18-19,25H2,1-5H3. The van der Waals surface area contributed by atoms with Crippen LogP contribution in [0, 0.1) is 34.1 Å². The lowest BCUT2D eigenvalue weighted by molar-refractivity contribution is -0.396. The third kappa shape index (κ3) is 7.81. The zero-order valence-corrected chi connectivity index (χ0v) is 35.6. The number of carbonyl (C=O) groups excluding carboxylic acids is 1. The van der Waals surface area contributed by atoms with Crippen LogP contribution in [0.3, 0.4) is 0 Å². The number of hydrogen-bond acceptors (Lipinski definition) is 9. The van der Waals surface area contributed by atoms with Crippen LogP contribution in [-0.2, 0) is 26.7 Å². The number of benzene rings is 4. The maximum Gasteiger partial charge on any atom is 0.296 e. The maximum atomic E-state index is 14.8. The fourth-order valence-electron chi connectivity index (χ4n) is 9.40. The van der Waals surface area contributed by atoms with Gasteiger partial charge in [0.05, 0.1) is 27.0 Å². The molecule has 0 spiro atoms. The number of aromatic nitrogens is 4. The van der Waals surface area contributed by atoms with Gasteiger partial charge in [-0.15, -0.1) is 10.2 Å². The van der Waals surface area contributed by atoms with E-state index < -0.39 is 47.5 Å². The lowest BCUT2D eigenvalue weighted by Crippen LogP contribution is -2.45.